The van der Waals surface area contributed by atoms with Crippen molar-refractivity contribution in [2.24, 2.45) is 0 Å². The Morgan fingerprint density at radius 1 is 1.20 bits per heavy atom. The van der Waals surface area contributed by atoms with Gasteiger partial charge < -0.3 is 15.8 Å². The molecule has 0 radical (unpaired) electrons. The van der Waals surface area contributed by atoms with Crippen molar-refractivity contribution in [2.75, 3.05) is 24.2 Å². The molecule has 20 heavy (non-hydrogen) atoms. The van der Waals surface area contributed by atoms with Crippen molar-refractivity contribution in [2.45, 2.75) is 6.42 Å². The second-order valence-electron chi connectivity index (χ2n) is 4.30. The maximum atomic E-state index is 13.3. The van der Waals surface area contributed by atoms with Gasteiger partial charge in [-0.25, -0.2) is 4.39 Å². The normalized spacial score (nSPS) is 10.3. The summed E-state index contributed by atoms with van der Waals surface area (Å²) in [6.45, 7) is 1.21. The Bertz CT molecular complexity index is 563. The molecule has 2 aromatic rings. The highest BCUT2D eigenvalue weighted by molar-refractivity contribution is 6.31. The summed E-state index contributed by atoms with van der Waals surface area (Å²) < 4.78 is 18.9. The lowest BCUT2D eigenvalue weighted by molar-refractivity contribution is 0.315. The van der Waals surface area contributed by atoms with E-state index in [1.54, 1.807) is 0 Å². The predicted molar refractivity (Wildman–Crippen MR) is 80.9 cm³/mol. The first-order valence-corrected chi connectivity index (χ1v) is 6.71. The molecule has 0 saturated heterocycles. The first kappa shape index (κ1) is 14.5. The zero-order valence-electron chi connectivity index (χ0n) is 10.9. The number of benzene rings is 2. The van der Waals surface area contributed by atoms with Gasteiger partial charge in [0.1, 0.15) is 11.6 Å². The van der Waals surface area contributed by atoms with E-state index < -0.39 is 5.82 Å². The average Bonchev–Trinajstić information content (AvgIpc) is 2.45. The van der Waals surface area contributed by atoms with E-state index in [0.717, 1.165) is 12.2 Å². The molecule has 0 atom stereocenters. The van der Waals surface area contributed by atoms with Gasteiger partial charge in [-0.05, 0) is 24.6 Å². The molecule has 0 aliphatic rings. The number of nitrogens with one attached hydrogen (secondary N) is 1. The van der Waals surface area contributed by atoms with E-state index in [0.29, 0.717) is 24.5 Å². The molecule has 0 bridgehead atoms. The first-order valence-electron chi connectivity index (χ1n) is 6.33. The minimum Gasteiger partial charge on any atom is -0.494 e. The monoisotopic (exact) mass is 294 g/mol. The zero-order chi connectivity index (χ0) is 14.4. The molecule has 0 heterocycles. The lowest BCUT2D eigenvalue weighted by Gasteiger charge is -2.11. The third-order valence-corrected chi connectivity index (χ3v) is 3.03. The molecule has 0 aromatic heterocycles. The van der Waals surface area contributed by atoms with Gasteiger partial charge in [-0.1, -0.05) is 29.8 Å². The summed E-state index contributed by atoms with van der Waals surface area (Å²) in [5.41, 5.74) is 6.73. The maximum Gasteiger partial charge on any atom is 0.143 e. The predicted octanol–water partition coefficient (Wildman–Crippen LogP) is 3.94. The Morgan fingerprint density at radius 2 is 1.95 bits per heavy atom. The van der Waals surface area contributed by atoms with Gasteiger partial charge in [-0.3, -0.25) is 0 Å². The van der Waals surface area contributed by atoms with Gasteiger partial charge >= 0.3 is 0 Å². The van der Waals surface area contributed by atoms with Gasteiger partial charge in [0, 0.05) is 12.6 Å². The smallest absolute Gasteiger partial charge is 0.143 e. The number of hydrogen-bond donors (Lipinski definition) is 2. The highest BCUT2D eigenvalue weighted by Crippen LogP contribution is 2.25. The Morgan fingerprint density at radius 3 is 2.70 bits per heavy atom. The lowest BCUT2D eigenvalue weighted by atomic mass is 10.2. The van der Waals surface area contributed by atoms with Gasteiger partial charge in [0.15, 0.2) is 0 Å². The van der Waals surface area contributed by atoms with Gasteiger partial charge in [0.2, 0.25) is 0 Å². The van der Waals surface area contributed by atoms with E-state index in [4.69, 9.17) is 22.1 Å². The summed E-state index contributed by atoms with van der Waals surface area (Å²) >= 11 is 5.63. The van der Waals surface area contributed by atoms with Crippen LogP contribution in [0, 0.1) is 5.82 Å². The third-order valence-electron chi connectivity index (χ3n) is 2.74. The van der Waals surface area contributed by atoms with E-state index in [-0.39, 0.29) is 5.02 Å². The summed E-state index contributed by atoms with van der Waals surface area (Å²) in [6, 6.07) is 12.3. The van der Waals surface area contributed by atoms with Crippen LogP contribution in [0.1, 0.15) is 6.42 Å². The molecule has 3 N–H and O–H groups in total. The number of halogens is 2. The number of hydrogen-bond acceptors (Lipinski definition) is 3. The number of nitrogens with two attached hydrogens (primary N) is 1. The first-order chi connectivity index (χ1) is 9.66. The van der Waals surface area contributed by atoms with Crippen LogP contribution in [0.15, 0.2) is 42.5 Å². The minimum absolute atomic E-state index is 0.0282. The number of anilines is 2. The van der Waals surface area contributed by atoms with E-state index in [1.165, 1.54) is 12.1 Å². The van der Waals surface area contributed by atoms with Crippen LogP contribution in [-0.2, 0) is 0 Å². The standard InChI is InChI=1S/C15H16ClFN2O/c16-12-9-14(18)15(10-13(12)17)19-7-4-8-20-11-5-2-1-3-6-11/h1-3,5-6,9-10,19H,4,7-8,18H2. The quantitative estimate of drug-likeness (QED) is 0.626. The molecule has 106 valence electrons. The molecule has 0 amide bonds. The second-order valence-corrected chi connectivity index (χ2v) is 4.70. The van der Waals surface area contributed by atoms with E-state index in [9.17, 15) is 4.39 Å². The number of rotatable bonds is 6. The highest BCUT2D eigenvalue weighted by atomic mass is 35.5. The molecule has 0 spiro atoms. The van der Waals surface area contributed by atoms with Crippen LogP contribution in [0.2, 0.25) is 5.02 Å². The summed E-state index contributed by atoms with van der Waals surface area (Å²) in [5.74, 6) is 0.355. The molecule has 2 aromatic carbocycles. The van der Waals surface area contributed by atoms with Crippen molar-refractivity contribution in [1.82, 2.24) is 0 Å². The van der Waals surface area contributed by atoms with Crippen molar-refractivity contribution in [3.05, 3.63) is 53.3 Å². The van der Waals surface area contributed by atoms with Crippen LogP contribution in [0.5, 0.6) is 5.75 Å². The van der Waals surface area contributed by atoms with Crippen molar-refractivity contribution in [1.29, 1.82) is 0 Å². The Labute approximate surface area is 122 Å². The molecule has 2 rings (SSSR count). The highest BCUT2D eigenvalue weighted by Gasteiger charge is 2.05. The molecule has 3 nitrogen and oxygen atoms in total. The Balaban J connectivity index is 1.75. The van der Waals surface area contributed by atoms with Crippen LogP contribution in [0.3, 0.4) is 0 Å². The van der Waals surface area contributed by atoms with Crippen LogP contribution in [-0.4, -0.2) is 13.2 Å². The van der Waals surface area contributed by atoms with E-state index in [2.05, 4.69) is 5.32 Å². The topological polar surface area (TPSA) is 47.3 Å². The molecular weight excluding hydrogens is 279 g/mol. The summed E-state index contributed by atoms with van der Waals surface area (Å²) in [5, 5.41) is 3.09. The molecule has 5 heteroatoms. The SMILES string of the molecule is Nc1cc(Cl)c(F)cc1NCCCOc1ccccc1. The molecule has 0 unspecified atom stereocenters. The average molecular weight is 295 g/mol. The van der Waals surface area contributed by atoms with Crippen molar-refractivity contribution in [3.8, 4) is 5.75 Å². The van der Waals surface area contributed by atoms with Crippen LogP contribution < -0.4 is 15.8 Å². The number of nitrogen functional groups attached to an aromatic ring is 1. The van der Waals surface area contributed by atoms with Crippen molar-refractivity contribution in [3.63, 3.8) is 0 Å². The molecule has 0 aliphatic heterocycles. The number of para-hydroxylation sites is 1. The van der Waals surface area contributed by atoms with Gasteiger partial charge in [0.25, 0.3) is 0 Å². The van der Waals surface area contributed by atoms with Gasteiger partial charge in [-0.15, -0.1) is 0 Å². The van der Waals surface area contributed by atoms with E-state index >= 15 is 0 Å². The maximum absolute atomic E-state index is 13.3. The molecule has 0 fully saturated rings. The zero-order valence-corrected chi connectivity index (χ0v) is 11.7. The van der Waals surface area contributed by atoms with Crippen molar-refractivity contribution >= 4 is 23.0 Å². The summed E-state index contributed by atoms with van der Waals surface area (Å²) in [6.07, 6.45) is 0.776. The fourth-order valence-electron chi connectivity index (χ4n) is 1.72. The fraction of sp³-hybridized carbons (Fsp3) is 0.200. The van der Waals surface area contributed by atoms with Gasteiger partial charge in [0.05, 0.1) is 23.0 Å². The number of ether oxygens (including phenoxy) is 1. The van der Waals surface area contributed by atoms with E-state index in [1.807, 2.05) is 30.3 Å². The second kappa shape index (κ2) is 7.01. The summed E-state index contributed by atoms with van der Waals surface area (Å²) in [7, 11) is 0. The molecule has 0 aliphatic carbocycles. The minimum atomic E-state index is -0.482. The molecular formula is C15H16ClFN2O. The molecule has 0 saturated carbocycles. The summed E-state index contributed by atoms with van der Waals surface area (Å²) in [4.78, 5) is 0. The largest absolute Gasteiger partial charge is 0.494 e. The van der Waals surface area contributed by atoms with Crippen LogP contribution in [0.4, 0.5) is 15.8 Å². The van der Waals surface area contributed by atoms with Crippen molar-refractivity contribution < 1.29 is 9.13 Å². The lowest BCUT2D eigenvalue weighted by Crippen LogP contribution is -2.09. The fourth-order valence-corrected chi connectivity index (χ4v) is 1.89. The Kier molecular flexibility index (Phi) is 5.07. The van der Waals surface area contributed by atoms with Crippen LogP contribution >= 0.6 is 11.6 Å². The Hall–Kier alpha value is -1.94. The van der Waals surface area contributed by atoms with Gasteiger partial charge in [-0.2, -0.15) is 0 Å². The third kappa shape index (κ3) is 4.03. The van der Waals surface area contributed by atoms with Crippen LogP contribution in [0.25, 0.3) is 0 Å².